The Morgan fingerprint density at radius 2 is 1.71 bits per heavy atom. The quantitative estimate of drug-likeness (QED) is 0.768. The van der Waals surface area contributed by atoms with Gasteiger partial charge >= 0.3 is 0 Å². The second kappa shape index (κ2) is 4.58. The molecule has 0 saturated carbocycles. The van der Waals surface area contributed by atoms with E-state index in [1.807, 2.05) is 43.3 Å². The van der Waals surface area contributed by atoms with Gasteiger partial charge < -0.3 is 11.1 Å². The minimum absolute atomic E-state index is 0.490. The third-order valence-corrected chi connectivity index (χ3v) is 2.51. The Balaban J connectivity index is 2.22. The van der Waals surface area contributed by atoms with Crippen LogP contribution in [0, 0.1) is 18.3 Å². The van der Waals surface area contributed by atoms with Crippen molar-refractivity contribution in [1.29, 1.82) is 5.26 Å². The summed E-state index contributed by atoms with van der Waals surface area (Å²) in [4.78, 5) is 0. The number of aryl methyl sites for hydroxylation is 1. The second-order valence-electron chi connectivity index (χ2n) is 3.90. The second-order valence-corrected chi connectivity index (χ2v) is 3.90. The van der Waals surface area contributed by atoms with E-state index in [0.29, 0.717) is 11.3 Å². The van der Waals surface area contributed by atoms with Crippen LogP contribution in [0.4, 0.5) is 17.1 Å². The summed E-state index contributed by atoms with van der Waals surface area (Å²) in [6, 6.07) is 15.4. The molecule has 0 amide bonds. The van der Waals surface area contributed by atoms with Crippen LogP contribution in [-0.4, -0.2) is 0 Å². The van der Waals surface area contributed by atoms with Gasteiger partial charge in [0.15, 0.2) is 0 Å². The molecule has 2 aromatic rings. The third-order valence-electron chi connectivity index (χ3n) is 2.51. The molecule has 84 valence electrons. The Kier molecular flexibility index (Phi) is 2.97. The van der Waals surface area contributed by atoms with Crippen molar-refractivity contribution in [3.63, 3.8) is 0 Å². The number of rotatable bonds is 2. The van der Waals surface area contributed by atoms with Gasteiger partial charge in [-0.15, -0.1) is 0 Å². The van der Waals surface area contributed by atoms with Gasteiger partial charge in [-0.2, -0.15) is 5.26 Å². The van der Waals surface area contributed by atoms with Crippen molar-refractivity contribution in [3.8, 4) is 6.07 Å². The molecule has 3 N–H and O–H groups in total. The molecule has 0 spiro atoms. The number of anilines is 3. The summed E-state index contributed by atoms with van der Waals surface area (Å²) in [6.07, 6.45) is 0. The van der Waals surface area contributed by atoms with Crippen molar-refractivity contribution < 1.29 is 0 Å². The number of hydrogen-bond donors (Lipinski definition) is 2. The molecule has 0 aromatic heterocycles. The number of nitrogens with one attached hydrogen (secondary N) is 1. The summed E-state index contributed by atoms with van der Waals surface area (Å²) in [6.45, 7) is 2.05. The summed E-state index contributed by atoms with van der Waals surface area (Å²) in [5.41, 5.74) is 9.83. The van der Waals surface area contributed by atoms with Gasteiger partial charge in [0.25, 0.3) is 0 Å². The summed E-state index contributed by atoms with van der Waals surface area (Å²) < 4.78 is 0. The van der Waals surface area contributed by atoms with E-state index in [4.69, 9.17) is 11.0 Å². The molecule has 0 bridgehead atoms. The van der Waals surface area contributed by atoms with E-state index in [1.54, 1.807) is 12.1 Å². The highest BCUT2D eigenvalue weighted by Gasteiger charge is 2.00. The zero-order valence-corrected chi connectivity index (χ0v) is 9.57. The fraction of sp³-hybridized carbons (Fsp3) is 0.0714. The lowest BCUT2D eigenvalue weighted by Gasteiger charge is -2.08. The van der Waals surface area contributed by atoms with E-state index < -0.39 is 0 Å². The molecule has 0 radical (unpaired) electrons. The maximum Gasteiger partial charge on any atom is 0.101 e. The van der Waals surface area contributed by atoms with Gasteiger partial charge in [0, 0.05) is 11.4 Å². The molecule has 0 saturated heterocycles. The van der Waals surface area contributed by atoms with Crippen LogP contribution in [0.15, 0.2) is 42.5 Å². The zero-order valence-electron chi connectivity index (χ0n) is 9.57. The average molecular weight is 223 g/mol. The summed E-state index contributed by atoms with van der Waals surface area (Å²) >= 11 is 0. The van der Waals surface area contributed by atoms with E-state index in [9.17, 15) is 0 Å². The molecule has 0 unspecified atom stereocenters. The lowest BCUT2D eigenvalue weighted by molar-refractivity contribution is 1.45. The van der Waals surface area contributed by atoms with Crippen molar-refractivity contribution in [2.75, 3.05) is 11.1 Å². The highest BCUT2D eigenvalue weighted by Crippen LogP contribution is 2.21. The molecule has 2 rings (SSSR count). The van der Waals surface area contributed by atoms with E-state index in [0.717, 1.165) is 11.4 Å². The first-order valence-electron chi connectivity index (χ1n) is 5.32. The van der Waals surface area contributed by atoms with Crippen LogP contribution < -0.4 is 11.1 Å². The van der Waals surface area contributed by atoms with Crippen LogP contribution in [0.5, 0.6) is 0 Å². The molecule has 0 aliphatic rings. The van der Waals surface area contributed by atoms with Gasteiger partial charge in [0.05, 0.1) is 11.3 Å². The normalized spacial score (nSPS) is 9.65. The monoisotopic (exact) mass is 223 g/mol. The van der Waals surface area contributed by atoms with Gasteiger partial charge in [0.2, 0.25) is 0 Å². The Labute approximate surface area is 101 Å². The van der Waals surface area contributed by atoms with Gasteiger partial charge in [-0.25, -0.2) is 0 Å². The average Bonchev–Trinajstić information content (AvgIpc) is 2.32. The summed E-state index contributed by atoms with van der Waals surface area (Å²) in [5.74, 6) is 0. The first-order chi connectivity index (χ1) is 8.19. The molecule has 3 nitrogen and oxygen atoms in total. The number of benzene rings is 2. The van der Waals surface area contributed by atoms with Gasteiger partial charge in [-0.3, -0.25) is 0 Å². The zero-order chi connectivity index (χ0) is 12.3. The van der Waals surface area contributed by atoms with Gasteiger partial charge in [-0.05, 0) is 37.3 Å². The number of hydrogen-bond acceptors (Lipinski definition) is 3. The van der Waals surface area contributed by atoms with Crippen LogP contribution in [0.1, 0.15) is 11.1 Å². The number of nitriles is 1. The number of nitrogens with two attached hydrogens (primary N) is 1. The SMILES string of the molecule is Cc1ccc(Nc2ccc(C#N)c(N)c2)cc1. The van der Waals surface area contributed by atoms with E-state index in [2.05, 4.69) is 5.32 Å². The predicted molar refractivity (Wildman–Crippen MR) is 70.0 cm³/mol. The first-order valence-corrected chi connectivity index (χ1v) is 5.32. The molecule has 17 heavy (non-hydrogen) atoms. The smallest absolute Gasteiger partial charge is 0.101 e. The fourth-order valence-corrected chi connectivity index (χ4v) is 1.55. The van der Waals surface area contributed by atoms with Crippen molar-refractivity contribution >= 4 is 17.1 Å². The lowest BCUT2D eigenvalue weighted by Crippen LogP contribution is -1.94. The summed E-state index contributed by atoms with van der Waals surface area (Å²) in [7, 11) is 0. The molecular formula is C14H13N3. The minimum atomic E-state index is 0.490. The minimum Gasteiger partial charge on any atom is -0.398 e. The van der Waals surface area contributed by atoms with Crippen molar-refractivity contribution in [2.24, 2.45) is 0 Å². The first kappa shape index (κ1) is 11.0. The molecular weight excluding hydrogens is 210 g/mol. The van der Waals surface area contributed by atoms with Crippen LogP contribution in [0.2, 0.25) is 0 Å². The van der Waals surface area contributed by atoms with E-state index in [-0.39, 0.29) is 0 Å². The Morgan fingerprint density at radius 1 is 1.06 bits per heavy atom. The van der Waals surface area contributed by atoms with Crippen molar-refractivity contribution in [2.45, 2.75) is 6.92 Å². The molecule has 2 aromatic carbocycles. The maximum atomic E-state index is 8.78. The van der Waals surface area contributed by atoms with Gasteiger partial charge in [-0.1, -0.05) is 17.7 Å². The Morgan fingerprint density at radius 3 is 2.29 bits per heavy atom. The summed E-state index contributed by atoms with van der Waals surface area (Å²) in [5, 5.41) is 12.0. The molecule has 0 aliphatic heterocycles. The van der Waals surface area contributed by atoms with E-state index in [1.165, 1.54) is 5.56 Å². The standard InChI is InChI=1S/C14H13N3/c1-10-2-5-12(6-3-10)17-13-7-4-11(9-15)14(16)8-13/h2-8,17H,16H2,1H3. The predicted octanol–water partition coefficient (Wildman–Crippen LogP) is 3.19. The van der Waals surface area contributed by atoms with Crippen molar-refractivity contribution in [3.05, 3.63) is 53.6 Å². The number of nitrogens with zero attached hydrogens (tertiary/aromatic N) is 1. The highest BCUT2D eigenvalue weighted by atomic mass is 14.9. The Hall–Kier alpha value is -2.47. The lowest BCUT2D eigenvalue weighted by atomic mass is 10.1. The third kappa shape index (κ3) is 2.56. The van der Waals surface area contributed by atoms with Crippen molar-refractivity contribution in [1.82, 2.24) is 0 Å². The van der Waals surface area contributed by atoms with Crippen LogP contribution in [0.3, 0.4) is 0 Å². The number of nitrogen functional groups attached to an aromatic ring is 1. The Bertz CT molecular complexity index is 565. The van der Waals surface area contributed by atoms with Crippen LogP contribution >= 0.6 is 0 Å². The topological polar surface area (TPSA) is 61.8 Å². The molecule has 0 fully saturated rings. The molecule has 0 aliphatic carbocycles. The van der Waals surface area contributed by atoms with Gasteiger partial charge in [0.1, 0.15) is 6.07 Å². The van der Waals surface area contributed by atoms with E-state index >= 15 is 0 Å². The highest BCUT2D eigenvalue weighted by molar-refractivity contribution is 5.67. The van der Waals surface area contributed by atoms with Crippen LogP contribution in [0.25, 0.3) is 0 Å². The molecule has 0 atom stereocenters. The molecule has 0 heterocycles. The maximum absolute atomic E-state index is 8.78. The fourth-order valence-electron chi connectivity index (χ4n) is 1.55. The molecule has 3 heteroatoms. The van der Waals surface area contributed by atoms with Crippen LogP contribution in [-0.2, 0) is 0 Å². The largest absolute Gasteiger partial charge is 0.398 e.